The van der Waals surface area contributed by atoms with E-state index in [1.54, 1.807) is 17.1 Å². The molecule has 1 aliphatic heterocycles. The molecule has 2 atom stereocenters. The number of aromatic nitrogens is 3. The van der Waals surface area contributed by atoms with Crippen LogP contribution in [-0.2, 0) is 11.3 Å². The largest absolute Gasteiger partial charge is 0.483 e. The molecule has 0 radical (unpaired) electrons. The fraction of sp³-hybridized carbons (Fsp3) is 0.500. The summed E-state index contributed by atoms with van der Waals surface area (Å²) in [6.07, 6.45) is 5.03. The smallest absolute Gasteiger partial charge is 0.157 e. The number of ether oxygens (including phenoxy) is 2. The molecule has 0 amide bonds. The number of aryl methyl sites for hydroxylation is 1. The van der Waals surface area contributed by atoms with E-state index in [1.165, 1.54) is 0 Å². The summed E-state index contributed by atoms with van der Waals surface area (Å²) < 4.78 is 17.7. The lowest BCUT2D eigenvalue weighted by Gasteiger charge is -2.13. The minimum Gasteiger partial charge on any atom is -0.483 e. The normalized spacial score (nSPS) is 22.8. The van der Waals surface area contributed by atoms with Gasteiger partial charge in [-0.15, -0.1) is 0 Å². The molecular weight excluding hydrogens is 248 g/mol. The molecule has 0 aliphatic carbocycles. The van der Waals surface area contributed by atoms with Crippen molar-refractivity contribution in [2.24, 2.45) is 5.73 Å². The summed E-state index contributed by atoms with van der Waals surface area (Å²) in [7, 11) is 0. The average Bonchev–Trinajstić information content (AvgIpc) is 3.07. The predicted molar refractivity (Wildman–Crippen MR) is 65.8 cm³/mol. The van der Waals surface area contributed by atoms with Crippen molar-refractivity contribution in [2.45, 2.75) is 25.6 Å². The zero-order valence-corrected chi connectivity index (χ0v) is 10.7. The van der Waals surface area contributed by atoms with Gasteiger partial charge in [0.15, 0.2) is 5.75 Å². The third-order valence-electron chi connectivity index (χ3n) is 3.15. The predicted octanol–water partition coefficient (Wildman–Crippen LogP) is 0.333. The van der Waals surface area contributed by atoms with Gasteiger partial charge in [0, 0.05) is 5.56 Å². The maximum absolute atomic E-state index is 5.87. The Kier molecular flexibility index (Phi) is 3.22. The molecule has 7 nitrogen and oxygen atoms in total. The number of nitrogens with two attached hydrogens (primary N) is 1. The van der Waals surface area contributed by atoms with Gasteiger partial charge < -0.3 is 19.7 Å². The highest BCUT2D eigenvalue weighted by atomic mass is 16.5. The molecule has 0 unspecified atom stereocenters. The molecule has 3 heterocycles. The number of hydrogen-bond donors (Lipinski definition) is 1. The molecular formula is C12H16N4O3. The Balaban J connectivity index is 1.64. The Morgan fingerprint density at radius 2 is 2.42 bits per heavy atom. The van der Waals surface area contributed by atoms with Gasteiger partial charge >= 0.3 is 0 Å². The second-order valence-corrected chi connectivity index (χ2v) is 4.66. The first-order valence-corrected chi connectivity index (χ1v) is 6.14. The monoisotopic (exact) mass is 264 g/mol. The highest BCUT2D eigenvalue weighted by molar-refractivity contribution is 5.17. The first-order valence-electron chi connectivity index (χ1n) is 6.14. The zero-order valence-electron chi connectivity index (χ0n) is 10.7. The van der Waals surface area contributed by atoms with Crippen LogP contribution >= 0.6 is 0 Å². The van der Waals surface area contributed by atoms with E-state index in [9.17, 15) is 0 Å². The Bertz CT molecular complexity index is 551. The van der Waals surface area contributed by atoms with Crippen molar-refractivity contribution >= 4 is 0 Å². The topological polar surface area (TPSA) is 88.3 Å². The van der Waals surface area contributed by atoms with Crippen LogP contribution in [0.15, 0.2) is 23.2 Å². The van der Waals surface area contributed by atoms with Crippen molar-refractivity contribution in [1.82, 2.24) is 14.9 Å². The van der Waals surface area contributed by atoms with Crippen LogP contribution in [0, 0.1) is 6.92 Å². The standard InChI is InChI=1S/C12H16N4O3/c1-8-9(5-18-15-8)3-16-4-10(2-14-16)19-12-7-17-6-11(12)13/h2,4-5,11-12H,3,6-7,13H2,1H3/t11-,12+/m0/s1. The number of rotatable bonds is 4. The summed E-state index contributed by atoms with van der Waals surface area (Å²) in [6.45, 7) is 3.57. The maximum Gasteiger partial charge on any atom is 0.157 e. The van der Waals surface area contributed by atoms with Crippen LogP contribution in [-0.4, -0.2) is 40.3 Å². The van der Waals surface area contributed by atoms with Crippen LogP contribution in [0.4, 0.5) is 0 Å². The fourth-order valence-electron chi connectivity index (χ4n) is 1.98. The Hall–Kier alpha value is -1.86. The first-order chi connectivity index (χ1) is 9.22. The Morgan fingerprint density at radius 1 is 1.53 bits per heavy atom. The van der Waals surface area contributed by atoms with E-state index in [-0.39, 0.29) is 12.1 Å². The molecule has 2 N–H and O–H groups in total. The average molecular weight is 264 g/mol. The lowest BCUT2D eigenvalue weighted by atomic mass is 10.2. The van der Waals surface area contributed by atoms with E-state index in [2.05, 4.69) is 10.3 Å². The van der Waals surface area contributed by atoms with Crippen molar-refractivity contribution in [3.63, 3.8) is 0 Å². The van der Waals surface area contributed by atoms with Gasteiger partial charge in [-0.1, -0.05) is 5.16 Å². The van der Waals surface area contributed by atoms with Crippen LogP contribution < -0.4 is 10.5 Å². The zero-order chi connectivity index (χ0) is 13.2. The van der Waals surface area contributed by atoms with Crippen LogP contribution in [0.1, 0.15) is 11.3 Å². The second-order valence-electron chi connectivity index (χ2n) is 4.66. The van der Waals surface area contributed by atoms with E-state index in [0.717, 1.165) is 11.3 Å². The minimum atomic E-state index is -0.102. The third-order valence-corrected chi connectivity index (χ3v) is 3.15. The molecule has 102 valence electrons. The van der Waals surface area contributed by atoms with Gasteiger partial charge in [0.05, 0.1) is 43.9 Å². The summed E-state index contributed by atoms with van der Waals surface area (Å²) in [6, 6.07) is -0.0799. The maximum atomic E-state index is 5.87. The van der Waals surface area contributed by atoms with Crippen LogP contribution in [0.2, 0.25) is 0 Å². The summed E-state index contributed by atoms with van der Waals surface area (Å²) in [5.74, 6) is 0.694. The van der Waals surface area contributed by atoms with Gasteiger partial charge in [0.25, 0.3) is 0 Å². The molecule has 19 heavy (non-hydrogen) atoms. The van der Waals surface area contributed by atoms with Crippen molar-refractivity contribution in [1.29, 1.82) is 0 Å². The summed E-state index contributed by atoms with van der Waals surface area (Å²) >= 11 is 0. The van der Waals surface area contributed by atoms with Crippen LogP contribution in [0.3, 0.4) is 0 Å². The first kappa shape index (κ1) is 12.2. The summed E-state index contributed by atoms with van der Waals surface area (Å²) in [4.78, 5) is 0. The molecule has 1 saturated heterocycles. The Labute approximate surface area is 110 Å². The van der Waals surface area contributed by atoms with Crippen molar-refractivity contribution < 1.29 is 14.0 Å². The number of hydrogen-bond acceptors (Lipinski definition) is 6. The summed E-state index contributed by atoms with van der Waals surface area (Å²) in [5.41, 5.74) is 7.73. The van der Waals surface area contributed by atoms with Gasteiger partial charge in [-0.2, -0.15) is 5.10 Å². The highest BCUT2D eigenvalue weighted by Gasteiger charge is 2.26. The van der Waals surface area contributed by atoms with E-state index in [0.29, 0.717) is 25.5 Å². The molecule has 1 aliphatic rings. The number of nitrogens with zero attached hydrogens (tertiary/aromatic N) is 3. The molecule has 2 aromatic heterocycles. The quantitative estimate of drug-likeness (QED) is 0.856. The van der Waals surface area contributed by atoms with Gasteiger partial charge in [-0.25, -0.2) is 0 Å². The summed E-state index contributed by atoms with van der Waals surface area (Å²) in [5, 5.41) is 8.07. The SMILES string of the molecule is Cc1nocc1Cn1cc(O[C@@H]2COC[C@@H]2N)cn1. The fourth-order valence-corrected chi connectivity index (χ4v) is 1.98. The van der Waals surface area contributed by atoms with Crippen LogP contribution in [0.25, 0.3) is 0 Å². The van der Waals surface area contributed by atoms with Gasteiger partial charge in [0.1, 0.15) is 12.4 Å². The van der Waals surface area contributed by atoms with Crippen molar-refractivity contribution in [3.8, 4) is 5.75 Å². The van der Waals surface area contributed by atoms with E-state index in [4.69, 9.17) is 19.7 Å². The third kappa shape index (κ3) is 2.61. The van der Waals surface area contributed by atoms with Crippen molar-refractivity contribution in [2.75, 3.05) is 13.2 Å². The van der Waals surface area contributed by atoms with E-state index < -0.39 is 0 Å². The molecule has 3 rings (SSSR count). The van der Waals surface area contributed by atoms with Gasteiger partial charge in [-0.05, 0) is 6.92 Å². The second kappa shape index (κ2) is 5.02. The van der Waals surface area contributed by atoms with Gasteiger partial charge in [-0.3, -0.25) is 4.68 Å². The van der Waals surface area contributed by atoms with Gasteiger partial charge in [0.2, 0.25) is 0 Å². The van der Waals surface area contributed by atoms with E-state index in [1.807, 2.05) is 13.1 Å². The lowest BCUT2D eigenvalue weighted by molar-refractivity contribution is 0.140. The highest BCUT2D eigenvalue weighted by Crippen LogP contribution is 2.16. The minimum absolute atomic E-state index is 0.0799. The lowest BCUT2D eigenvalue weighted by Crippen LogP contribution is -2.37. The molecule has 0 aromatic carbocycles. The van der Waals surface area contributed by atoms with E-state index >= 15 is 0 Å². The molecule has 7 heteroatoms. The molecule has 0 spiro atoms. The molecule has 2 aromatic rings. The molecule has 0 saturated carbocycles. The van der Waals surface area contributed by atoms with Crippen LogP contribution in [0.5, 0.6) is 5.75 Å². The molecule has 1 fully saturated rings. The Morgan fingerprint density at radius 3 is 3.11 bits per heavy atom. The van der Waals surface area contributed by atoms with Crippen molar-refractivity contribution in [3.05, 3.63) is 29.9 Å². The molecule has 0 bridgehead atoms.